The molecule has 0 aromatic heterocycles. The predicted octanol–water partition coefficient (Wildman–Crippen LogP) is 1.38. The highest BCUT2D eigenvalue weighted by Gasteiger charge is 2.31. The summed E-state index contributed by atoms with van der Waals surface area (Å²) in [4.78, 5) is 36.0. The molecule has 1 aromatic carbocycles. The average Bonchev–Trinajstić information content (AvgIpc) is 2.35. The normalized spacial score (nSPS) is 16.1. The van der Waals surface area contributed by atoms with Gasteiger partial charge in [0.15, 0.2) is 0 Å². The molecule has 0 aliphatic carbocycles. The summed E-state index contributed by atoms with van der Waals surface area (Å²) in [7, 11) is 1.60. The number of imide groups is 1. The Bertz CT molecular complexity index is 512. The predicted molar refractivity (Wildman–Crippen MR) is 63.2 cm³/mol. The number of non-ortho nitro benzene ring substituents is 1. The Kier molecular flexibility index (Phi) is 2.97. The molecule has 0 N–H and O–H groups in total. The minimum absolute atomic E-state index is 0.0796. The third-order valence-corrected chi connectivity index (χ3v) is 2.75. The van der Waals surface area contributed by atoms with Gasteiger partial charge in [0.1, 0.15) is 0 Å². The van der Waals surface area contributed by atoms with Crippen molar-refractivity contribution < 1.29 is 14.5 Å². The number of carbonyl (C=O) groups excluding carboxylic acids is 2. The van der Waals surface area contributed by atoms with Crippen molar-refractivity contribution in [3.8, 4) is 0 Å². The van der Waals surface area contributed by atoms with E-state index in [-0.39, 0.29) is 18.0 Å². The van der Waals surface area contributed by atoms with Crippen LogP contribution in [0.2, 0.25) is 0 Å². The third-order valence-electron chi connectivity index (χ3n) is 2.75. The largest absolute Gasteiger partial charge is 0.331 e. The minimum Gasteiger partial charge on any atom is -0.327 e. The van der Waals surface area contributed by atoms with Crippen LogP contribution in [0.4, 0.5) is 16.2 Å². The molecule has 0 saturated carbocycles. The number of hydrogen-bond donors (Lipinski definition) is 0. The molecule has 0 spiro atoms. The van der Waals surface area contributed by atoms with E-state index in [4.69, 9.17) is 0 Å². The van der Waals surface area contributed by atoms with Crippen LogP contribution in [0.25, 0.3) is 0 Å². The van der Waals surface area contributed by atoms with Gasteiger partial charge in [0.25, 0.3) is 5.69 Å². The second-order valence-corrected chi connectivity index (χ2v) is 3.96. The van der Waals surface area contributed by atoms with Crippen molar-refractivity contribution >= 4 is 23.3 Å². The summed E-state index contributed by atoms with van der Waals surface area (Å²) in [5, 5.41) is 10.5. The Hall–Kier alpha value is -2.44. The molecule has 7 nitrogen and oxygen atoms in total. The lowest BCUT2D eigenvalue weighted by Gasteiger charge is -2.31. The quantitative estimate of drug-likeness (QED) is 0.585. The highest BCUT2D eigenvalue weighted by molar-refractivity contribution is 6.15. The Balaban J connectivity index is 2.32. The number of rotatable bonds is 2. The van der Waals surface area contributed by atoms with Crippen LogP contribution in [0.3, 0.4) is 0 Å². The van der Waals surface area contributed by atoms with Crippen molar-refractivity contribution in [3.63, 3.8) is 0 Å². The van der Waals surface area contributed by atoms with Crippen LogP contribution in [-0.4, -0.2) is 35.4 Å². The van der Waals surface area contributed by atoms with Crippen LogP contribution in [0.5, 0.6) is 0 Å². The van der Waals surface area contributed by atoms with Crippen molar-refractivity contribution in [1.82, 2.24) is 4.90 Å². The summed E-state index contributed by atoms with van der Waals surface area (Å²) in [5.41, 5.74) is 0.270. The van der Waals surface area contributed by atoms with Crippen LogP contribution >= 0.6 is 0 Å². The summed E-state index contributed by atoms with van der Waals surface area (Å²) in [6, 6.07) is 4.91. The van der Waals surface area contributed by atoms with Gasteiger partial charge < -0.3 is 4.90 Å². The molecule has 0 unspecified atom stereocenters. The summed E-state index contributed by atoms with van der Waals surface area (Å²) >= 11 is 0. The molecule has 1 aliphatic rings. The number of benzene rings is 1. The van der Waals surface area contributed by atoms with Gasteiger partial charge in [-0.1, -0.05) is 0 Å². The molecule has 1 heterocycles. The molecule has 1 fully saturated rings. The van der Waals surface area contributed by atoms with Gasteiger partial charge in [-0.05, 0) is 12.1 Å². The lowest BCUT2D eigenvalue weighted by molar-refractivity contribution is -0.384. The molecule has 7 heteroatoms. The van der Waals surface area contributed by atoms with Crippen molar-refractivity contribution in [2.75, 3.05) is 18.5 Å². The molecule has 3 amide bonds. The SMILES string of the molecule is CN1CCC(=O)N(c2ccc([N+](=O)[O-])cc2)C1=O. The number of nitro benzene ring substituents is 1. The lowest BCUT2D eigenvalue weighted by atomic mass is 10.2. The first kappa shape index (κ1) is 12.0. The van der Waals surface area contributed by atoms with Crippen molar-refractivity contribution in [1.29, 1.82) is 0 Å². The molecule has 1 saturated heterocycles. The molecule has 94 valence electrons. The zero-order chi connectivity index (χ0) is 13.3. The standard InChI is InChI=1S/C11H11N3O4/c1-12-7-6-10(15)13(11(12)16)8-2-4-9(5-3-8)14(17)18/h2-5H,6-7H2,1H3. The summed E-state index contributed by atoms with van der Waals surface area (Å²) in [6.07, 6.45) is 0.249. The average molecular weight is 249 g/mol. The Morgan fingerprint density at radius 3 is 2.39 bits per heavy atom. The molecular formula is C11H11N3O4. The van der Waals surface area contributed by atoms with Gasteiger partial charge in [-0.15, -0.1) is 0 Å². The second kappa shape index (κ2) is 4.44. The van der Waals surface area contributed by atoms with Gasteiger partial charge in [-0.3, -0.25) is 14.9 Å². The molecule has 0 bridgehead atoms. The highest BCUT2D eigenvalue weighted by atomic mass is 16.6. The molecule has 1 aliphatic heterocycles. The number of nitrogens with zero attached hydrogens (tertiary/aromatic N) is 3. The maximum atomic E-state index is 11.9. The zero-order valence-corrected chi connectivity index (χ0v) is 9.70. The van der Waals surface area contributed by atoms with E-state index in [2.05, 4.69) is 0 Å². The Labute approximate surface area is 103 Å². The Morgan fingerprint density at radius 2 is 1.83 bits per heavy atom. The van der Waals surface area contributed by atoms with Crippen LogP contribution < -0.4 is 4.90 Å². The molecule has 18 heavy (non-hydrogen) atoms. The first-order valence-corrected chi connectivity index (χ1v) is 5.33. The molecule has 1 aromatic rings. The highest BCUT2D eigenvalue weighted by Crippen LogP contribution is 2.23. The van der Waals surface area contributed by atoms with Gasteiger partial charge in [0, 0.05) is 32.1 Å². The second-order valence-electron chi connectivity index (χ2n) is 3.96. The van der Waals surface area contributed by atoms with Crippen LogP contribution in [0, 0.1) is 10.1 Å². The number of carbonyl (C=O) groups is 2. The topological polar surface area (TPSA) is 83.8 Å². The van der Waals surface area contributed by atoms with Gasteiger partial charge in [-0.2, -0.15) is 0 Å². The molecule has 0 atom stereocenters. The third kappa shape index (κ3) is 2.02. The van der Waals surface area contributed by atoms with Crippen molar-refractivity contribution in [3.05, 3.63) is 34.4 Å². The van der Waals surface area contributed by atoms with Gasteiger partial charge in [0.05, 0.1) is 10.6 Å². The monoisotopic (exact) mass is 249 g/mol. The fourth-order valence-corrected chi connectivity index (χ4v) is 1.73. The smallest absolute Gasteiger partial charge is 0.327 e. The minimum atomic E-state index is -0.532. The molecule has 0 radical (unpaired) electrons. The number of anilines is 1. The number of urea groups is 1. The van der Waals surface area contributed by atoms with Gasteiger partial charge >= 0.3 is 6.03 Å². The molecule has 2 rings (SSSR count). The van der Waals surface area contributed by atoms with E-state index in [9.17, 15) is 19.7 Å². The van der Waals surface area contributed by atoms with Gasteiger partial charge in [-0.25, -0.2) is 9.69 Å². The van der Waals surface area contributed by atoms with E-state index < -0.39 is 11.0 Å². The van der Waals surface area contributed by atoms with E-state index in [0.29, 0.717) is 12.2 Å². The zero-order valence-electron chi connectivity index (χ0n) is 9.70. The van der Waals surface area contributed by atoms with Crippen LogP contribution in [0.1, 0.15) is 6.42 Å². The fraction of sp³-hybridized carbons (Fsp3) is 0.273. The van der Waals surface area contributed by atoms with E-state index >= 15 is 0 Å². The lowest BCUT2D eigenvalue weighted by Crippen LogP contribution is -2.50. The summed E-state index contributed by atoms with van der Waals surface area (Å²) in [5.74, 6) is -0.299. The van der Waals surface area contributed by atoms with Crippen molar-refractivity contribution in [2.45, 2.75) is 6.42 Å². The molecular weight excluding hydrogens is 238 g/mol. The fourth-order valence-electron chi connectivity index (χ4n) is 1.73. The summed E-state index contributed by atoms with van der Waals surface area (Å²) in [6.45, 7) is 0.390. The van der Waals surface area contributed by atoms with E-state index in [1.165, 1.54) is 29.2 Å². The van der Waals surface area contributed by atoms with Crippen LogP contribution in [0.15, 0.2) is 24.3 Å². The van der Waals surface area contributed by atoms with Crippen molar-refractivity contribution in [2.24, 2.45) is 0 Å². The first-order chi connectivity index (χ1) is 8.50. The van der Waals surface area contributed by atoms with Gasteiger partial charge in [0.2, 0.25) is 5.91 Å². The Morgan fingerprint density at radius 1 is 1.22 bits per heavy atom. The number of amides is 3. The van der Waals surface area contributed by atoms with Crippen LogP contribution in [-0.2, 0) is 4.79 Å². The maximum Gasteiger partial charge on any atom is 0.331 e. The summed E-state index contributed by atoms with van der Waals surface area (Å²) < 4.78 is 0. The van der Waals surface area contributed by atoms with E-state index in [1.54, 1.807) is 7.05 Å². The number of nitro groups is 1. The maximum absolute atomic E-state index is 11.9. The van der Waals surface area contributed by atoms with E-state index in [0.717, 1.165) is 4.90 Å². The van der Waals surface area contributed by atoms with E-state index in [1.807, 2.05) is 0 Å². The number of hydrogen-bond acceptors (Lipinski definition) is 4. The first-order valence-electron chi connectivity index (χ1n) is 5.33.